The maximum Gasteiger partial charge on any atom is 0.273 e. The largest absolute Gasteiger partial charge is 0.447 e. The minimum absolute atomic E-state index is 0.168. The van der Waals surface area contributed by atoms with Crippen LogP contribution in [0.25, 0.3) is 0 Å². The summed E-state index contributed by atoms with van der Waals surface area (Å²) in [6.07, 6.45) is 4.48. The van der Waals surface area contributed by atoms with Gasteiger partial charge in [-0.2, -0.15) is 0 Å². The van der Waals surface area contributed by atoms with Crippen LogP contribution in [0.3, 0.4) is 0 Å². The van der Waals surface area contributed by atoms with Crippen LogP contribution in [0.2, 0.25) is 10.0 Å². The monoisotopic (exact) mass is 395 g/mol. The molecule has 1 saturated carbocycles. The smallest absolute Gasteiger partial charge is 0.273 e. The van der Waals surface area contributed by atoms with Gasteiger partial charge in [-0.15, -0.1) is 0 Å². The molecule has 3 rings (SSSR count). The van der Waals surface area contributed by atoms with Crippen LogP contribution in [0.4, 0.5) is 0 Å². The zero-order valence-corrected chi connectivity index (χ0v) is 16.5. The summed E-state index contributed by atoms with van der Waals surface area (Å²) in [5.74, 6) is 0.356. The van der Waals surface area contributed by atoms with E-state index in [1.807, 2.05) is 12.1 Å². The normalized spacial score (nSPS) is 15.3. The molecule has 0 radical (unpaired) electrons. The van der Waals surface area contributed by atoms with Crippen LogP contribution in [-0.4, -0.2) is 27.9 Å². The molecule has 26 heavy (non-hydrogen) atoms. The number of rotatable bonds is 8. The first-order chi connectivity index (χ1) is 12.5. The van der Waals surface area contributed by atoms with Crippen LogP contribution in [0.5, 0.6) is 0 Å². The Kier molecular flexibility index (Phi) is 6.22. The molecule has 0 aliphatic heterocycles. The second kappa shape index (κ2) is 8.42. The van der Waals surface area contributed by atoms with Crippen molar-refractivity contribution < 1.29 is 9.21 Å². The summed E-state index contributed by atoms with van der Waals surface area (Å²) in [5.41, 5.74) is 1.33. The van der Waals surface area contributed by atoms with Gasteiger partial charge in [0.1, 0.15) is 6.26 Å². The highest BCUT2D eigenvalue weighted by atomic mass is 35.5. The number of oxazole rings is 1. The lowest BCUT2D eigenvalue weighted by molar-refractivity contribution is 0.0946. The molecule has 1 fully saturated rings. The molecule has 0 bridgehead atoms. The topological polar surface area (TPSA) is 58.4 Å². The van der Waals surface area contributed by atoms with Crippen LogP contribution in [0, 0.1) is 0 Å². The molecule has 7 heteroatoms. The van der Waals surface area contributed by atoms with Crippen molar-refractivity contribution in [1.82, 2.24) is 15.2 Å². The Bertz CT molecular complexity index is 774. The Labute approximate surface area is 163 Å². The molecule has 1 amide bonds. The molecule has 1 aromatic heterocycles. The van der Waals surface area contributed by atoms with Gasteiger partial charge in [0.05, 0.1) is 6.54 Å². The van der Waals surface area contributed by atoms with E-state index in [2.05, 4.69) is 29.0 Å². The van der Waals surface area contributed by atoms with E-state index < -0.39 is 0 Å². The van der Waals surface area contributed by atoms with E-state index in [1.165, 1.54) is 6.26 Å². The van der Waals surface area contributed by atoms with E-state index in [1.54, 1.807) is 6.07 Å². The summed E-state index contributed by atoms with van der Waals surface area (Å²) in [5, 5.41) is 4.18. The highest BCUT2D eigenvalue weighted by molar-refractivity contribution is 6.35. The van der Waals surface area contributed by atoms with Crippen molar-refractivity contribution in [2.24, 2.45) is 0 Å². The van der Waals surface area contributed by atoms with Gasteiger partial charge < -0.3 is 9.73 Å². The molecule has 1 atom stereocenters. The number of halogens is 2. The number of aromatic nitrogens is 1. The lowest BCUT2D eigenvalue weighted by Gasteiger charge is -2.27. The fourth-order valence-electron chi connectivity index (χ4n) is 2.64. The number of hydrogen-bond acceptors (Lipinski definition) is 4. The minimum Gasteiger partial charge on any atom is -0.447 e. The predicted octanol–water partition coefficient (Wildman–Crippen LogP) is 4.67. The van der Waals surface area contributed by atoms with Gasteiger partial charge in [-0.1, -0.05) is 36.2 Å². The minimum atomic E-state index is -0.168. The Hall–Kier alpha value is -1.56. The van der Waals surface area contributed by atoms with E-state index >= 15 is 0 Å². The summed E-state index contributed by atoms with van der Waals surface area (Å²) >= 11 is 12.3. The molecule has 1 aliphatic rings. The van der Waals surface area contributed by atoms with Gasteiger partial charge in [-0.05, 0) is 43.9 Å². The van der Waals surface area contributed by atoms with Gasteiger partial charge in [-0.3, -0.25) is 9.69 Å². The first-order valence-electron chi connectivity index (χ1n) is 8.89. The van der Waals surface area contributed by atoms with E-state index in [9.17, 15) is 4.79 Å². The van der Waals surface area contributed by atoms with Crippen LogP contribution < -0.4 is 5.32 Å². The van der Waals surface area contributed by atoms with Gasteiger partial charge in [-0.25, -0.2) is 4.98 Å². The lowest BCUT2D eigenvalue weighted by Crippen LogP contribution is -2.32. The van der Waals surface area contributed by atoms with E-state index in [4.69, 9.17) is 27.6 Å². The van der Waals surface area contributed by atoms with Crippen LogP contribution in [0.15, 0.2) is 28.9 Å². The third-order valence-corrected chi connectivity index (χ3v) is 5.22. The van der Waals surface area contributed by atoms with Crippen molar-refractivity contribution >= 4 is 29.1 Å². The second-order valence-electron chi connectivity index (χ2n) is 6.77. The average molecular weight is 396 g/mol. The first-order valence-corrected chi connectivity index (χ1v) is 9.65. The van der Waals surface area contributed by atoms with Crippen LogP contribution >= 0.6 is 23.2 Å². The van der Waals surface area contributed by atoms with Gasteiger partial charge in [0.15, 0.2) is 5.69 Å². The number of nitrogens with one attached hydrogen (secondary N) is 1. The molecule has 1 heterocycles. The van der Waals surface area contributed by atoms with E-state index in [0.717, 1.165) is 24.8 Å². The lowest BCUT2D eigenvalue weighted by atomic mass is 10.1. The third-order valence-electron chi connectivity index (χ3n) is 4.64. The van der Waals surface area contributed by atoms with E-state index in [-0.39, 0.29) is 5.91 Å². The Balaban J connectivity index is 1.70. The van der Waals surface area contributed by atoms with Gasteiger partial charge in [0, 0.05) is 28.7 Å². The number of carbonyl (C=O) groups is 1. The molecule has 5 nitrogen and oxygen atoms in total. The zero-order chi connectivity index (χ0) is 18.7. The molecule has 1 unspecified atom stereocenters. The van der Waals surface area contributed by atoms with Crippen molar-refractivity contribution in [2.45, 2.75) is 58.3 Å². The summed E-state index contributed by atoms with van der Waals surface area (Å²) < 4.78 is 5.53. The molecular weight excluding hydrogens is 373 g/mol. The number of nitrogens with zero attached hydrogens (tertiary/aromatic N) is 2. The van der Waals surface area contributed by atoms with Gasteiger partial charge in [0.2, 0.25) is 5.89 Å². The molecule has 2 aromatic rings. The zero-order valence-electron chi connectivity index (χ0n) is 15.0. The van der Waals surface area contributed by atoms with Crippen molar-refractivity contribution in [3.63, 3.8) is 0 Å². The Morgan fingerprint density at radius 2 is 2.15 bits per heavy atom. The Morgan fingerprint density at radius 1 is 1.38 bits per heavy atom. The van der Waals surface area contributed by atoms with Crippen molar-refractivity contribution in [2.75, 3.05) is 0 Å². The first kappa shape index (κ1) is 19.2. The maximum absolute atomic E-state index is 12.1. The van der Waals surface area contributed by atoms with Gasteiger partial charge >= 0.3 is 0 Å². The number of amides is 1. The summed E-state index contributed by atoms with van der Waals surface area (Å²) in [6, 6.07) is 6.12. The summed E-state index contributed by atoms with van der Waals surface area (Å²) in [7, 11) is 0. The average Bonchev–Trinajstić information content (AvgIpc) is 3.30. The van der Waals surface area contributed by atoms with Crippen molar-refractivity contribution in [3.8, 4) is 0 Å². The molecule has 1 N–H and O–H groups in total. The number of carbonyl (C=O) groups excluding carboxylic acids is 1. The molecule has 0 saturated heterocycles. The van der Waals surface area contributed by atoms with E-state index in [0.29, 0.717) is 46.8 Å². The second-order valence-corrected chi connectivity index (χ2v) is 7.62. The van der Waals surface area contributed by atoms with Crippen LogP contribution in [0.1, 0.15) is 55.1 Å². The number of hydrogen-bond donors (Lipinski definition) is 1. The third kappa shape index (κ3) is 5.00. The van der Waals surface area contributed by atoms with Gasteiger partial charge in [0.25, 0.3) is 5.91 Å². The Morgan fingerprint density at radius 3 is 2.81 bits per heavy atom. The predicted molar refractivity (Wildman–Crippen MR) is 102 cm³/mol. The highest BCUT2D eigenvalue weighted by Crippen LogP contribution is 2.24. The fourth-order valence-corrected chi connectivity index (χ4v) is 3.11. The molecule has 1 aromatic carbocycles. The summed E-state index contributed by atoms with van der Waals surface area (Å²) in [6.45, 7) is 5.43. The highest BCUT2D eigenvalue weighted by Gasteiger charge is 2.25. The van der Waals surface area contributed by atoms with Crippen LogP contribution in [-0.2, 0) is 13.1 Å². The maximum atomic E-state index is 12.1. The van der Waals surface area contributed by atoms with Crippen molar-refractivity contribution in [1.29, 1.82) is 0 Å². The standard InChI is InChI=1S/C19H23Cl2N3O2/c1-3-12(2)24(9-13-4-5-14(20)8-16(13)21)10-18-23-17(11-26-18)19(25)22-15-6-7-15/h4-5,8,11-12,15H,3,6-7,9-10H2,1-2H3,(H,22,25). The quantitative estimate of drug-likeness (QED) is 0.704. The molecular formula is C19H23Cl2N3O2. The SMILES string of the molecule is CCC(C)N(Cc1nc(C(=O)NC2CC2)co1)Cc1ccc(Cl)cc1Cl. The molecule has 140 valence electrons. The number of benzene rings is 1. The van der Waals surface area contributed by atoms with Crippen molar-refractivity contribution in [3.05, 3.63) is 51.7 Å². The molecule has 1 aliphatic carbocycles. The fraction of sp³-hybridized carbons (Fsp3) is 0.474. The summed E-state index contributed by atoms with van der Waals surface area (Å²) in [4.78, 5) is 18.7. The molecule has 0 spiro atoms.